The normalized spacial score (nSPS) is 18.9. The summed E-state index contributed by atoms with van der Waals surface area (Å²) in [5, 5.41) is 10.7. The first kappa shape index (κ1) is 21.3. The molecule has 152 valence electrons. The van der Waals surface area contributed by atoms with Crippen molar-refractivity contribution < 1.29 is 19.0 Å². The Hall–Kier alpha value is -1.37. The Labute approximate surface area is 174 Å². The highest BCUT2D eigenvalue weighted by Gasteiger charge is 2.26. The average Bonchev–Trinajstić information content (AvgIpc) is 2.64. The molecule has 0 radical (unpaired) electrons. The third-order valence-electron chi connectivity index (χ3n) is 4.77. The van der Waals surface area contributed by atoms with E-state index in [1.807, 2.05) is 32.0 Å². The summed E-state index contributed by atoms with van der Waals surface area (Å²) in [6, 6.07) is 8.65. The maximum atomic E-state index is 13.8. The second-order valence-corrected chi connectivity index (χ2v) is 7.96. The Morgan fingerprint density at radius 3 is 2.79 bits per heavy atom. The van der Waals surface area contributed by atoms with Gasteiger partial charge in [-0.3, -0.25) is 4.90 Å². The zero-order valence-electron chi connectivity index (χ0n) is 15.9. The van der Waals surface area contributed by atoms with Gasteiger partial charge in [0.15, 0.2) is 0 Å². The van der Waals surface area contributed by atoms with E-state index in [2.05, 4.69) is 4.90 Å². The smallest absolute Gasteiger partial charge is 0.142 e. The lowest BCUT2D eigenvalue weighted by molar-refractivity contribution is -0.0460. The highest BCUT2D eigenvalue weighted by molar-refractivity contribution is 6.35. The molecule has 28 heavy (non-hydrogen) atoms. The molecule has 0 saturated carbocycles. The van der Waals surface area contributed by atoms with Crippen molar-refractivity contribution in [3.63, 3.8) is 0 Å². The fourth-order valence-corrected chi connectivity index (χ4v) is 3.84. The van der Waals surface area contributed by atoms with Crippen LogP contribution < -0.4 is 4.74 Å². The van der Waals surface area contributed by atoms with Gasteiger partial charge in [-0.15, -0.1) is 0 Å². The molecule has 1 heterocycles. The number of β-amino-alcohol motifs (C(OH)–C–C–N with tert-alkyl or cyclic N) is 1. The zero-order valence-corrected chi connectivity index (χ0v) is 17.4. The Morgan fingerprint density at radius 2 is 2.04 bits per heavy atom. The van der Waals surface area contributed by atoms with Gasteiger partial charge in [0.2, 0.25) is 0 Å². The van der Waals surface area contributed by atoms with E-state index in [1.54, 1.807) is 0 Å². The van der Waals surface area contributed by atoms with E-state index in [1.165, 1.54) is 17.7 Å². The first-order valence-corrected chi connectivity index (χ1v) is 9.95. The van der Waals surface area contributed by atoms with Crippen molar-refractivity contribution in [3.05, 3.63) is 62.9 Å². The molecule has 0 aliphatic carbocycles. The number of rotatable bonds is 6. The molecule has 2 aromatic rings. The van der Waals surface area contributed by atoms with E-state index in [9.17, 15) is 9.50 Å². The summed E-state index contributed by atoms with van der Waals surface area (Å²) in [5.74, 6) is 0.247. The van der Waals surface area contributed by atoms with Gasteiger partial charge in [-0.05, 0) is 37.6 Å². The van der Waals surface area contributed by atoms with Crippen molar-refractivity contribution in [2.45, 2.75) is 26.1 Å². The highest BCUT2D eigenvalue weighted by atomic mass is 35.5. The molecular formula is C21H24Cl2FNO3. The first-order valence-electron chi connectivity index (χ1n) is 9.20. The van der Waals surface area contributed by atoms with Crippen LogP contribution in [0.4, 0.5) is 4.39 Å². The lowest BCUT2D eigenvalue weighted by Crippen LogP contribution is -2.43. The molecule has 1 N–H and O–H groups in total. The van der Waals surface area contributed by atoms with Gasteiger partial charge in [0.25, 0.3) is 0 Å². The summed E-state index contributed by atoms with van der Waals surface area (Å²) in [5.41, 5.74) is 2.77. The maximum Gasteiger partial charge on any atom is 0.142 e. The third-order valence-corrected chi connectivity index (χ3v) is 5.38. The molecular weight excluding hydrogens is 404 g/mol. The molecule has 0 amide bonds. The Balaban J connectivity index is 1.56. The van der Waals surface area contributed by atoms with Crippen LogP contribution in [0.1, 0.15) is 22.8 Å². The van der Waals surface area contributed by atoms with E-state index in [4.69, 9.17) is 32.7 Å². The van der Waals surface area contributed by atoms with Crippen LogP contribution in [0.25, 0.3) is 0 Å². The molecule has 0 bridgehead atoms. The Kier molecular flexibility index (Phi) is 7.18. The van der Waals surface area contributed by atoms with Crippen LogP contribution in [0.3, 0.4) is 0 Å². The monoisotopic (exact) mass is 427 g/mol. The van der Waals surface area contributed by atoms with Crippen molar-refractivity contribution in [3.8, 4) is 5.75 Å². The molecule has 1 aliphatic heterocycles. The number of halogens is 3. The molecule has 1 aliphatic rings. The van der Waals surface area contributed by atoms with Crippen molar-refractivity contribution in [1.29, 1.82) is 0 Å². The van der Waals surface area contributed by atoms with Crippen LogP contribution in [0.5, 0.6) is 5.75 Å². The van der Waals surface area contributed by atoms with Gasteiger partial charge < -0.3 is 14.6 Å². The molecule has 1 fully saturated rings. The van der Waals surface area contributed by atoms with Gasteiger partial charge in [-0.2, -0.15) is 0 Å². The number of benzene rings is 2. The number of aliphatic hydroxyl groups excluding tert-OH is 1. The van der Waals surface area contributed by atoms with Crippen molar-refractivity contribution in [2.75, 3.05) is 32.8 Å². The van der Waals surface area contributed by atoms with Crippen LogP contribution >= 0.6 is 23.2 Å². The van der Waals surface area contributed by atoms with Crippen LogP contribution in [-0.4, -0.2) is 49.0 Å². The number of hydrogen-bond donors (Lipinski definition) is 1. The second-order valence-electron chi connectivity index (χ2n) is 7.14. The number of nitrogens with zero attached hydrogens (tertiary/aromatic N) is 1. The molecule has 2 atom stereocenters. The second kappa shape index (κ2) is 9.42. The van der Waals surface area contributed by atoms with Gasteiger partial charge in [-0.1, -0.05) is 40.9 Å². The largest absolute Gasteiger partial charge is 0.491 e. The van der Waals surface area contributed by atoms with Crippen molar-refractivity contribution >= 4 is 23.2 Å². The molecule has 0 aromatic heterocycles. The zero-order chi connectivity index (χ0) is 20.3. The summed E-state index contributed by atoms with van der Waals surface area (Å²) >= 11 is 12.0. The lowest BCUT2D eigenvalue weighted by Gasteiger charge is -2.34. The minimum Gasteiger partial charge on any atom is -0.491 e. The van der Waals surface area contributed by atoms with E-state index in [-0.39, 0.29) is 17.7 Å². The SMILES string of the molecule is Cc1ccc(OCC(O)CN2CCOC(c3cc(F)c(Cl)cc3Cl)C2)c(C)c1. The topological polar surface area (TPSA) is 41.9 Å². The predicted octanol–water partition coefficient (Wildman–Crippen LogP) is 4.56. The summed E-state index contributed by atoms with van der Waals surface area (Å²) in [6.07, 6.45) is -1.03. The lowest BCUT2D eigenvalue weighted by atomic mass is 10.1. The molecule has 2 unspecified atom stereocenters. The molecule has 4 nitrogen and oxygen atoms in total. The molecule has 0 spiro atoms. The summed E-state index contributed by atoms with van der Waals surface area (Å²) in [7, 11) is 0. The standard InChI is InChI=1S/C21H24Cl2FNO3/c1-13-3-4-20(14(2)7-13)28-12-15(26)10-25-5-6-27-21(11-25)16-8-19(24)18(23)9-17(16)22/h3-4,7-9,15,21,26H,5-6,10-12H2,1-2H3. The van der Waals surface area contributed by atoms with Gasteiger partial charge in [0.05, 0.1) is 17.7 Å². The van der Waals surface area contributed by atoms with Gasteiger partial charge >= 0.3 is 0 Å². The van der Waals surface area contributed by atoms with Gasteiger partial charge in [0, 0.05) is 30.2 Å². The third kappa shape index (κ3) is 5.37. The van der Waals surface area contributed by atoms with Gasteiger partial charge in [-0.25, -0.2) is 4.39 Å². The van der Waals surface area contributed by atoms with E-state index < -0.39 is 11.9 Å². The summed E-state index contributed by atoms with van der Waals surface area (Å²) in [6.45, 7) is 6.28. The highest BCUT2D eigenvalue weighted by Crippen LogP contribution is 2.32. The van der Waals surface area contributed by atoms with Crippen LogP contribution in [0, 0.1) is 19.7 Å². The van der Waals surface area contributed by atoms with Gasteiger partial charge in [0.1, 0.15) is 24.3 Å². The summed E-state index contributed by atoms with van der Waals surface area (Å²) < 4.78 is 25.3. The number of ether oxygens (including phenoxy) is 2. The van der Waals surface area contributed by atoms with E-state index in [0.29, 0.717) is 36.8 Å². The fraction of sp³-hybridized carbons (Fsp3) is 0.429. The van der Waals surface area contributed by atoms with Crippen LogP contribution in [-0.2, 0) is 4.74 Å². The molecule has 3 rings (SSSR count). The van der Waals surface area contributed by atoms with Crippen LogP contribution in [0.2, 0.25) is 10.0 Å². The summed E-state index contributed by atoms with van der Waals surface area (Å²) in [4.78, 5) is 2.06. The van der Waals surface area contributed by atoms with Crippen LogP contribution in [0.15, 0.2) is 30.3 Å². The Bertz CT molecular complexity index is 834. The number of morpholine rings is 1. The average molecular weight is 428 g/mol. The molecule has 1 saturated heterocycles. The van der Waals surface area contributed by atoms with Crippen molar-refractivity contribution in [1.82, 2.24) is 4.90 Å². The molecule has 7 heteroatoms. The molecule has 2 aromatic carbocycles. The number of aryl methyl sites for hydroxylation is 2. The van der Waals surface area contributed by atoms with E-state index in [0.717, 1.165) is 11.3 Å². The fourth-order valence-electron chi connectivity index (χ4n) is 3.34. The van der Waals surface area contributed by atoms with Crippen molar-refractivity contribution in [2.24, 2.45) is 0 Å². The predicted molar refractivity (Wildman–Crippen MR) is 109 cm³/mol. The Morgan fingerprint density at radius 1 is 1.25 bits per heavy atom. The number of aliphatic hydroxyl groups is 1. The maximum absolute atomic E-state index is 13.8. The first-order chi connectivity index (χ1) is 13.3. The quantitative estimate of drug-likeness (QED) is 0.685. The number of hydrogen-bond acceptors (Lipinski definition) is 4. The minimum absolute atomic E-state index is 0.0135. The minimum atomic E-state index is -0.656. The van der Waals surface area contributed by atoms with E-state index >= 15 is 0 Å².